The molecule has 1 aromatic heterocycles. The molecule has 0 saturated heterocycles. The molecule has 0 unspecified atom stereocenters. The van der Waals surface area contributed by atoms with Crippen LogP contribution in [0.3, 0.4) is 0 Å². The molecule has 4 rings (SSSR count). The second-order valence-electron chi connectivity index (χ2n) is 7.72. The molecule has 0 spiro atoms. The van der Waals surface area contributed by atoms with Crippen LogP contribution >= 0.6 is 11.6 Å². The van der Waals surface area contributed by atoms with Gasteiger partial charge in [0, 0.05) is 0 Å². The molecule has 0 bridgehead atoms. The highest BCUT2D eigenvalue weighted by molar-refractivity contribution is 6.32. The molecule has 2 N–H and O–H groups in total. The van der Waals surface area contributed by atoms with Crippen LogP contribution in [0, 0.1) is 0 Å². The standard InChI is InChI=1S/C24H24ClN3O4/c1-31-18-8-9-21(19(12-18)23(29)30)28-17-13-26-24(27-14-17)32-22-10-7-16(11-20(22)25)15-5-3-2-4-6-15/h7-15,28H,2-6H2,1H3,(H,29,30). The number of methoxy groups -OCH3 is 1. The molecule has 32 heavy (non-hydrogen) atoms. The van der Waals surface area contributed by atoms with Crippen LogP contribution in [0.2, 0.25) is 5.02 Å². The third kappa shape index (κ3) is 5.11. The van der Waals surface area contributed by atoms with Crippen LogP contribution in [0.15, 0.2) is 48.8 Å². The highest BCUT2D eigenvalue weighted by Crippen LogP contribution is 2.37. The molecule has 0 aliphatic heterocycles. The van der Waals surface area contributed by atoms with Gasteiger partial charge >= 0.3 is 12.0 Å². The molecule has 1 fully saturated rings. The number of halogens is 1. The molecule has 0 amide bonds. The van der Waals surface area contributed by atoms with Crippen molar-refractivity contribution in [2.45, 2.75) is 38.0 Å². The van der Waals surface area contributed by atoms with Gasteiger partial charge in [0.2, 0.25) is 0 Å². The predicted molar refractivity (Wildman–Crippen MR) is 123 cm³/mol. The number of carbonyl (C=O) groups is 1. The van der Waals surface area contributed by atoms with Crippen LogP contribution < -0.4 is 14.8 Å². The lowest BCUT2D eigenvalue weighted by Gasteiger charge is -2.22. The van der Waals surface area contributed by atoms with E-state index < -0.39 is 5.97 Å². The second kappa shape index (κ2) is 9.87. The molecule has 166 valence electrons. The minimum absolute atomic E-state index is 0.0783. The maximum absolute atomic E-state index is 11.5. The Morgan fingerprint density at radius 2 is 1.84 bits per heavy atom. The summed E-state index contributed by atoms with van der Waals surface area (Å²) in [5, 5.41) is 13.0. The first-order chi connectivity index (χ1) is 15.5. The fourth-order valence-corrected chi connectivity index (χ4v) is 4.14. The number of ether oxygens (including phenoxy) is 2. The van der Waals surface area contributed by atoms with E-state index in [1.165, 1.54) is 63.2 Å². The van der Waals surface area contributed by atoms with Gasteiger partial charge in [0.1, 0.15) is 11.5 Å². The largest absolute Gasteiger partial charge is 0.497 e. The van der Waals surface area contributed by atoms with Crippen LogP contribution in [0.5, 0.6) is 17.5 Å². The Kier molecular flexibility index (Phi) is 6.75. The van der Waals surface area contributed by atoms with Gasteiger partial charge in [0.15, 0.2) is 0 Å². The zero-order valence-corrected chi connectivity index (χ0v) is 18.4. The Morgan fingerprint density at radius 1 is 1.09 bits per heavy atom. The average molecular weight is 454 g/mol. The maximum Gasteiger partial charge on any atom is 0.337 e. The molecule has 8 heteroatoms. The summed E-state index contributed by atoms with van der Waals surface area (Å²) in [6.07, 6.45) is 9.27. The van der Waals surface area contributed by atoms with Gasteiger partial charge < -0.3 is 19.9 Å². The topological polar surface area (TPSA) is 93.6 Å². The van der Waals surface area contributed by atoms with E-state index in [1.54, 1.807) is 12.1 Å². The number of nitrogens with zero attached hydrogens (tertiary/aromatic N) is 2. The van der Waals surface area contributed by atoms with Crippen molar-refractivity contribution in [1.29, 1.82) is 0 Å². The van der Waals surface area contributed by atoms with Crippen LogP contribution in [0.4, 0.5) is 11.4 Å². The fourth-order valence-electron chi connectivity index (χ4n) is 3.91. The van der Waals surface area contributed by atoms with Crippen LogP contribution in [-0.2, 0) is 0 Å². The lowest BCUT2D eigenvalue weighted by molar-refractivity contribution is 0.0697. The quantitative estimate of drug-likeness (QED) is 0.426. The van der Waals surface area contributed by atoms with Gasteiger partial charge in [0.25, 0.3) is 0 Å². The van der Waals surface area contributed by atoms with Gasteiger partial charge in [0.05, 0.1) is 41.5 Å². The predicted octanol–water partition coefficient (Wildman–Crippen LogP) is 6.42. The molecule has 3 aromatic rings. The number of aromatic carboxylic acids is 1. The normalized spacial score (nSPS) is 14.1. The van der Waals surface area contributed by atoms with Crippen molar-refractivity contribution in [3.8, 4) is 17.5 Å². The van der Waals surface area contributed by atoms with Gasteiger partial charge in [-0.1, -0.05) is 36.9 Å². The van der Waals surface area contributed by atoms with Crippen LogP contribution in [-0.4, -0.2) is 28.2 Å². The van der Waals surface area contributed by atoms with E-state index in [0.29, 0.717) is 33.8 Å². The van der Waals surface area contributed by atoms with Crippen LogP contribution in [0.1, 0.15) is 53.9 Å². The molecule has 1 aliphatic carbocycles. The van der Waals surface area contributed by atoms with Gasteiger partial charge in [-0.3, -0.25) is 0 Å². The van der Waals surface area contributed by atoms with Gasteiger partial charge in [-0.25, -0.2) is 14.8 Å². The van der Waals surface area contributed by atoms with Crippen molar-refractivity contribution in [3.63, 3.8) is 0 Å². The number of hydrogen-bond donors (Lipinski definition) is 2. The first-order valence-corrected chi connectivity index (χ1v) is 10.9. The van der Waals surface area contributed by atoms with Gasteiger partial charge in [-0.05, 0) is 54.7 Å². The summed E-state index contributed by atoms with van der Waals surface area (Å²) in [6, 6.07) is 10.8. The summed E-state index contributed by atoms with van der Waals surface area (Å²) in [5.74, 6) is 0.443. The first kappa shape index (κ1) is 21.9. The Morgan fingerprint density at radius 3 is 2.50 bits per heavy atom. The van der Waals surface area contributed by atoms with E-state index in [1.807, 2.05) is 12.1 Å². The monoisotopic (exact) mass is 453 g/mol. The smallest absolute Gasteiger partial charge is 0.337 e. The SMILES string of the molecule is COc1ccc(Nc2cnc(Oc3ccc(C4CCCCC4)cc3Cl)nc2)c(C(=O)O)c1. The van der Waals surface area contributed by atoms with E-state index in [4.69, 9.17) is 21.1 Å². The maximum atomic E-state index is 11.5. The molecule has 1 heterocycles. The minimum atomic E-state index is -1.07. The van der Waals surface area contributed by atoms with Gasteiger partial charge in [-0.2, -0.15) is 0 Å². The summed E-state index contributed by atoms with van der Waals surface area (Å²) in [6.45, 7) is 0. The van der Waals surface area contributed by atoms with E-state index in [2.05, 4.69) is 21.4 Å². The molecular weight excluding hydrogens is 430 g/mol. The molecule has 7 nitrogen and oxygen atoms in total. The number of nitrogens with one attached hydrogen (secondary N) is 1. The minimum Gasteiger partial charge on any atom is -0.497 e. The van der Waals surface area contributed by atoms with Gasteiger partial charge in [-0.15, -0.1) is 0 Å². The molecule has 0 radical (unpaired) electrons. The fraction of sp³-hybridized carbons (Fsp3) is 0.292. The number of benzene rings is 2. The molecule has 1 aliphatic rings. The first-order valence-electron chi connectivity index (χ1n) is 10.5. The zero-order valence-electron chi connectivity index (χ0n) is 17.7. The Hall–Kier alpha value is -3.32. The highest BCUT2D eigenvalue weighted by atomic mass is 35.5. The number of hydrogen-bond acceptors (Lipinski definition) is 6. The zero-order chi connectivity index (χ0) is 22.5. The number of anilines is 2. The van der Waals surface area contributed by atoms with Crippen molar-refractivity contribution < 1.29 is 19.4 Å². The second-order valence-corrected chi connectivity index (χ2v) is 8.13. The Labute approximate surface area is 191 Å². The van der Waals surface area contributed by atoms with Crippen molar-refractivity contribution in [3.05, 3.63) is 64.9 Å². The van der Waals surface area contributed by atoms with Crippen molar-refractivity contribution in [2.75, 3.05) is 12.4 Å². The number of carboxylic acids is 1. The lowest BCUT2D eigenvalue weighted by Crippen LogP contribution is -2.05. The lowest BCUT2D eigenvalue weighted by atomic mass is 9.84. The third-order valence-electron chi connectivity index (χ3n) is 5.60. The molecular formula is C24H24ClN3O4. The third-order valence-corrected chi connectivity index (χ3v) is 5.89. The molecule has 1 saturated carbocycles. The van der Waals surface area contributed by atoms with E-state index in [-0.39, 0.29) is 11.6 Å². The Bertz CT molecular complexity index is 1100. The van der Waals surface area contributed by atoms with Crippen LogP contribution in [0.25, 0.3) is 0 Å². The summed E-state index contributed by atoms with van der Waals surface area (Å²) in [4.78, 5) is 19.9. The van der Waals surface area contributed by atoms with E-state index in [0.717, 1.165) is 0 Å². The number of carboxylic acid groups (broad SMARTS) is 1. The summed E-state index contributed by atoms with van der Waals surface area (Å²) in [5.41, 5.74) is 2.24. The number of rotatable bonds is 7. The summed E-state index contributed by atoms with van der Waals surface area (Å²) < 4.78 is 10.8. The Balaban J connectivity index is 1.45. The van der Waals surface area contributed by atoms with Crippen molar-refractivity contribution in [1.82, 2.24) is 9.97 Å². The number of aromatic nitrogens is 2. The van der Waals surface area contributed by atoms with Crippen molar-refractivity contribution in [2.24, 2.45) is 0 Å². The summed E-state index contributed by atoms with van der Waals surface area (Å²) in [7, 11) is 1.48. The average Bonchev–Trinajstić information content (AvgIpc) is 2.82. The summed E-state index contributed by atoms with van der Waals surface area (Å²) >= 11 is 6.45. The molecule has 0 atom stereocenters. The molecule has 2 aromatic carbocycles. The van der Waals surface area contributed by atoms with Crippen molar-refractivity contribution >= 4 is 28.9 Å². The highest BCUT2D eigenvalue weighted by Gasteiger charge is 2.17. The van der Waals surface area contributed by atoms with E-state index >= 15 is 0 Å². The van der Waals surface area contributed by atoms with E-state index in [9.17, 15) is 9.90 Å².